The predicted octanol–water partition coefficient (Wildman–Crippen LogP) is 5.33. The summed E-state index contributed by atoms with van der Waals surface area (Å²) >= 11 is 3.11. The van der Waals surface area contributed by atoms with Crippen LogP contribution in [0, 0.1) is 5.82 Å². The molecule has 0 spiro atoms. The number of hydrogen-bond donors (Lipinski definition) is 1. The van der Waals surface area contributed by atoms with Gasteiger partial charge in [0.1, 0.15) is 12.2 Å². The van der Waals surface area contributed by atoms with Crippen LogP contribution in [0.1, 0.15) is 36.7 Å². The van der Waals surface area contributed by atoms with Crippen LogP contribution in [0.15, 0.2) is 40.9 Å². The van der Waals surface area contributed by atoms with E-state index in [1.807, 2.05) is 0 Å². The number of benzene rings is 2. The van der Waals surface area contributed by atoms with E-state index >= 15 is 0 Å². The SMILES string of the molecule is CC(C)(C)OC(=O)Nc1cccc(COc2ccc(Br)c(C=O)c2F)c1. The lowest BCUT2D eigenvalue weighted by Crippen LogP contribution is -2.27. The molecular formula is C19H19BrFNO4. The van der Waals surface area contributed by atoms with E-state index in [1.165, 1.54) is 6.07 Å². The number of rotatable bonds is 5. The first-order valence-corrected chi connectivity index (χ1v) is 8.64. The topological polar surface area (TPSA) is 64.6 Å². The van der Waals surface area contributed by atoms with E-state index in [4.69, 9.17) is 9.47 Å². The van der Waals surface area contributed by atoms with E-state index < -0.39 is 17.5 Å². The lowest BCUT2D eigenvalue weighted by atomic mass is 10.2. The lowest BCUT2D eigenvalue weighted by Gasteiger charge is -2.19. The molecule has 0 aliphatic carbocycles. The lowest BCUT2D eigenvalue weighted by molar-refractivity contribution is 0.0635. The Morgan fingerprint density at radius 1 is 1.27 bits per heavy atom. The van der Waals surface area contributed by atoms with Crippen molar-refractivity contribution in [2.24, 2.45) is 0 Å². The molecule has 2 aromatic rings. The van der Waals surface area contributed by atoms with Crippen molar-refractivity contribution in [1.29, 1.82) is 0 Å². The zero-order valence-electron chi connectivity index (χ0n) is 14.6. The maximum Gasteiger partial charge on any atom is 0.412 e. The van der Waals surface area contributed by atoms with Crippen molar-refractivity contribution in [3.63, 3.8) is 0 Å². The van der Waals surface area contributed by atoms with Gasteiger partial charge in [0.15, 0.2) is 17.9 Å². The number of halogens is 2. The van der Waals surface area contributed by atoms with Crippen molar-refractivity contribution < 1.29 is 23.5 Å². The molecule has 0 unspecified atom stereocenters. The van der Waals surface area contributed by atoms with Crippen LogP contribution in [0.2, 0.25) is 0 Å². The van der Waals surface area contributed by atoms with Crippen LogP contribution in [0.5, 0.6) is 5.75 Å². The quantitative estimate of drug-likeness (QED) is 0.660. The summed E-state index contributed by atoms with van der Waals surface area (Å²) in [5.41, 5.74) is 0.557. The Labute approximate surface area is 159 Å². The molecule has 138 valence electrons. The third-order valence-electron chi connectivity index (χ3n) is 3.18. The normalized spacial score (nSPS) is 11.0. The molecule has 26 heavy (non-hydrogen) atoms. The van der Waals surface area contributed by atoms with Gasteiger partial charge < -0.3 is 9.47 Å². The average Bonchev–Trinajstić information content (AvgIpc) is 2.53. The molecule has 0 aliphatic rings. The number of carbonyl (C=O) groups excluding carboxylic acids is 2. The van der Waals surface area contributed by atoms with E-state index in [-0.39, 0.29) is 17.9 Å². The van der Waals surface area contributed by atoms with Crippen molar-refractivity contribution in [2.45, 2.75) is 33.0 Å². The highest BCUT2D eigenvalue weighted by Gasteiger charge is 2.16. The number of carbonyl (C=O) groups is 2. The van der Waals surface area contributed by atoms with Crippen LogP contribution >= 0.6 is 15.9 Å². The van der Waals surface area contributed by atoms with Gasteiger partial charge in [-0.3, -0.25) is 10.1 Å². The third-order valence-corrected chi connectivity index (χ3v) is 3.87. The molecule has 2 aromatic carbocycles. The minimum Gasteiger partial charge on any atom is -0.486 e. The van der Waals surface area contributed by atoms with E-state index in [0.29, 0.717) is 22.0 Å². The molecule has 0 radical (unpaired) electrons. The first-order chi connectivity index (χ1) is 12.2. The maximum absolute atomic E-state index is 14.2. The Hall–Kier alpha value is -2.41. The van der Waals surface area contributed by atoms with Gasteiger partial charge in [-0.05, 0) is 66.5 Å². The van der Waals surface area contributed by atoms with Crippen molar-refractivity contribution in [2.75, 3.05) is 5.32 Å². The van der Waals surface area contributed by atoms with Crippen LogP contribution in [-0.4, -0.2) is 18.0 Å². The summed E-state index contributed by atoms with van der Waals surface area (Å²) in [4.78, 5) is 22.8. The Morgan fingerprint density at radius 2 is 2.00 bits per heavy atom. The van der Waals surface area contributed by atoms with E-state index in [9.17, 15) is 14.0 Å². The zero-order valence-corrected chi connectivity index (χ0v) is 16.2. The molecule has 5 nitrogen and oxygen atoms in total. The molecule has 1 N–H and O–H groups in total. The van der Waals surface area contributed by atoms with Crippen LogP contribution in [0.3, 0.4) is 0 Å². The third kappa shape index (κ3) is 5.56. The number of amides is 1. The van der Waals surface area contributed by atoms with Crippen LogP contribution in [0.25, 0.3) is 0 Å². The van der Waals surface area contributed by atoms with Crippen LogP contribution in [0.4, 0.5) is 14.9 Å². The first-order valence-electron chi connectivity index (χ1n) is 7.84. The minimum atomic E-state index is -0.725. The van der Waals surface area contributed by atoms with Crippen molar-refractivity contribution in [1.82, 2.24) is 0 Å². The van der Waals surface area contributed by atoms with E-state index in [2.05, 4.69) is 21.2 Å². The number of aldehydes is 1. The molecule has 7 heteroatoms. The summed E-state index contributed by atoms with van der Waals surface area (Å²) in [5.74, 6) is -0.752. The van der Waals surface area contributed by atoms with Gasteiger partial charge in [0.25, 0.3) is 0 Å². The number of ether oxygens (including phenoxy) is 2. The van der Waals surface area contributed by atoms with E-state index in [0.717, 1.165) is 0 Å². The maximum atomic E-state index is 14.2. The molecule has 0 atom stereocenters. The number of hydrogen-bond acceptors (Lipinski definition) is 4. The number of anilines is 1. The molecule has 0 heterocycles. The first kappa shape index (κ1) is 19.9. The van der Waals surface area contributed by atoms with Crippen molar-refractivity contribution in [3.05, 3.63) is 57.8 Å². The number of nitrogens with one attached hydrogen (secondary N) is 1. The summed E-state index contributed by atoms with van der Waals surface area (Å²) < 4.78 is 25.2. The Morgan fingerprint density at radius 3 is 2.65 bits per heavy atom. The standard InChI is InChI=1S/C19H19BrFNO4/c1-19(2,3)26-18(24)22-13-6-4-5-12(9-13)11-25-16-8-7-15(20)14(10-23)17(16)21/h4-10H,11H2,1-3H3,(H,22,24). The van der Waals surface area contributed by atoms with Gasteiger partial charge in [0.05, 0.1) is 5.56 Å². The zero-order chi connectivity index (χ0) is 19.3. The summed E-state index contributed by atoms with van der Waals surface area (Å²) in [6.07, 6.45) is -0.136. The van der Waals surface area contributed by atoms with Crippen LogP contribution in [-0.2, 0) is 11.3 Å². The van der Waals surface area contributed by atoms with Crippen LogP contribution < -0.4 is 10.1 Å². The second kappa shape index (κ2) is 8.31. The monoisotopic (exact) mass is 423 g/mol. The van der Waals surface area contributed by atoms with Gasteiger partial charge in [0.2, 0.25) is 0 Å². The Balaban J connectivity index is 2.05. The fourth-order valence-corrected chi connectivity index (χ4v) is 2.49. The van der Waals surface area contributed by atoms with Gasteiger partial charge in [-0.1, -0.05) is 12.1 Å². The highest BCUT2D eigenvalue weighted by atomic mass is 79.9. The predicted molar refractivity (Wildman–Crippen MR) is 100 cm³/mol. The Bertz CT molecular complexity index is 818. The Kier molecular flexibility index (Phi) is 6.37. The highest BCUT2D eigenvalue weighted by Crippen LogP contribution is 2.27. The largest absolute Gasteiger partial charge is 0.486 e. The van der Waals surface area contributed by atoms with Gasteiger partial charge >= 0.3 is 6.09 Å². The minimum absolute atomic E-state index is 0.0270. The smallest absolute Gasteiger partial charge is 0.412 e. The molecular weight excluding hydrogens is 405 g/mol. The summed E-state index contributed by atoms with van der Waals surface area (Å²) in [7, 11) is 0. The van der Waals surface area contributed by atoms with Gasteiger partial charge in [-0.15, -0.1) is 0 Å². The summed E-state index contributed by atoms with van der Waals surface area (Å²) in [6.45, 7) is 5.40. The molecule has 0 saturated heterocycles. The fraction of sp³-hybridized carbons (Fsp3) is 0.263. The fourth-order valence-electron chi connectivity index (χ4n) is 2.09. The molecule has 0 aliphatic heterocycles. The second-order valence-electron chi connectivity index (χ2n) is 6.51. The molecule has 0 fully saturated rings. The molecule has 2 rings (SSSR count). The van der Waals surface area contributed by atoms with Gasteiger partial charge in [-0.25, -0.2) is 9.18 Å². The van der Waals surface area contributed by atoms with Crippen molar-refractivity contribution >= 4 is 34.0 Å². The second-order valence-corrected chi connectivity index (χ2v) is 7.36. The van der Waals surface area contributed by atoms with Crippen molar-refractivity contribution in [3.8, 4) is 5.75 Å². The summed E-state index contributed by atoms with van der Waals surface area (Å²) in [6, 6.07) is 9.90. The molecule has 0 bridgehead atoms. The molecule has 1 amide bonds. The molecule has 0 aromatic heterocycles. The highest BCUT2D eigenvalue weighted by molar-refractivity contribution is 9.10. The van der Waals surface area contributed by atoms with Gasteiger partial charge in [0, 0.05) is 10.2 Å². The molecule has 0 saturated carbocycles. The summed E-state index contributed by atoms with van der Waals surface area (Å²) in [5, 5.41) is 2.63. The average molecular weight is 424 g/mol. The van der Waals surface area contributed by atoms with Gasteiger partial charge in [-0.2, -0.15) is 0 Å². The van der Waals surface area contributed by atoms with E-state index in [1.54, 1.807) is 51.1 Å².